The number of nitrogens with zero attached hydrogens (tertiary/aromatic N) is 1. The van der Waals surface area contributed by atoms with Crippen molar-refractivity contribution in [3.05, 3.63) is 34.1 Å². The van der Waals surface area contributed by atoms with E-state index >= 15 is 0 Å². The fourth-order valence-corrected chi connectivity index (χ4v) is 2.96. The summed E-state index contributed by atoms with van der Waals surface area (Å²) in [5.41, 5.74) is -0.479. The zero-order chi connectivity index (χ0) is 14.0. The minimum absolute atomic E-state index is 0.145. The number of hydrogen-bond acceptors (Lipinski definition) is 2. The number of benzene rings is 1. The molecule has 0 aromatic heterocycles. The number of hydrogen-bond donors (Lipinski definition) is 0. The Morgan fingerprint density at radius 2 is 1.89 bits per heavy atom. The van der Waals surface area contributed by atoms with Crippen molar-refractivity contribution in [2.75, 3.05) is 13.1 Å². The van der Waals surface area contributed by atoms with E-state index in [2.05, 4.69) is 20.8 Å². The number of halogens is 2. The lowest BCUT2D eigenvalue weighted by Gasteiger charge is -2.39. The molecule has 0 unspecified atom stereocenters. The van der Waals surface area contributed by atoms with Crippen LogP contribution in [0.1, 0.15) is 43.5 Å². The van der Waals surface area contributed by atoms with Crippen molar-refractivity contribution in [1.29, 1.82) is 0 Å². The number of carbonyl (C=O) groups excluding carboxylic acids is 1. The molecule has 1 aliphatic heterocycles. The van der Waals surface area contributed by atoms with Gasteiger partial charge in [0.05, 0.1) is 11.1 Å². The maximum absolute atomic E-state index is 13.9. The Kier molecular flexibility index (Phi) is 4.41. The summed E-state index contributed by atoms with van der Waals surface area (Å²) in [6.45, 7) is 5.60. The first-order chi connectivity index (χ1) is 8.93. The lowest BCUT2D eigenvalue weighted by atomic mass is 9.89. The second-order valence-corrected chi connectivity index (χ2v) is 6.48. The summed E-state index contributed by atoms with van der Waals surface area (Å²) in [7, 11) is 0. The highest BCUT2D eigenvalue weighted by molar-refractivity contribution is 9.10. The van der Waals surface area contributed by atoms with Gasteiger partial charge in [0.1, 0.15) is 5.82 Å². The largest absolute Gasteiger partial charge is 0.292 e. The van der Waals surface area contributed by atoms with Gasteiger partial charge in [-0.1, -0.05) is 22.4 Å². The van der Waals surface area contributed by atoms with Gasteiger partial charge in [-0.05, 0) is 58.0 Å². The third kappa shape index (κ3) is 3.06. The maximum atomic E-state index is 13.9. The van der Waals surface area contributed by atoms with Crippen molar-refractivity contribution < 1.29 is 9.18 Å². The molecule has 19 heavy (non-hydrogen) atoms. The summed E-state index contributed by atoms with van der Waals surface area (Å²) in [6.07, 6.45) is 3.43. The standard InChI is InChI=1S/C15H19BrFNO/c1-15(2,18-8-4-3-5-9-18)14(19)12-10-11(16)6-7-13(12)17/h6-7,10H,3-5,8-9H2,1-2H3. The van der Waals surface area contributed by atoms with Gasteiger partial charge in [0.2, 0.25) is 0 Å². The van der Waals surface area contributed by atoms with Crippen LogP contribution in [0.15, 0.2) is 22.7 Å². The number of ketones is 1. The number of rotatable bonds is 3. The normalized spacial score (nSPS) is 17.5. The summed E-state index contributed by atoms with van der Waals surface area (Å²) in [6, 6.07) is 4.52. The third-order valence-corrected chi connectivity index (χ3v) is 4.37. The van der Waals surface area contributed by atoms with E-state index in [1.165, 1.54) is 12.5 Å². The summed E-state index contributed by atoms with van der Waals surface area (Å²) in [5.74, 6) is -0.591. The second-order valence-electron chi connectivity index (χ2n) is 5.56. The molecule has 2 nitrogen and oxygen atoms in total. The first-order valence-corrected chi connectivity index (χ1v) is 7.47. The Bertz CT molecular complexity index is 481. The lowest BCUT2D eigenvalue weighted by Crippen LogP contribution is -2.52. The highest BCUT2D eigenvalue weighted by atomic mass is 79.9. The van der Waals surface area contributed by atoms with Gasteiger partial charge in [-0.2, -0.15) is 0 Å². The van der Waals surface area contributed by atoms with E-state index in [0.717, 1.165) is 30.4 Å². The quantitative estimate of drug-likeness (QED) is 0.781. The predicted octanol–water partition coefficient (Wildman–Crippen LogP) is 4.04. The van der Waals surface area contributed by atoms with Crippen LogP contribution in [-0.4, -0.2) is 29.3 Å². The molecule has 1 aromatic carbocycles. The molecule has 0 saturated carbocycles. The Labute approximate surface area is 122 Å². The van der Waals surface area contributed by atoms with Gasteiger partial charge in [0.25, 0.3) is 0 Å². The zero-order valence-electron chi connectivity index (χ0n) is 11.4. The first-order valence-electron chi connectivity index (χ1n) is 6.68. The van der Waals surface area contributed by atoms with Crippen LogP contribution in [0.25, 0.3) is 0 Å². The van der Waals surface area contributed by atoms with Crippen molar-refractivity contribution >= 4 is 21.7 Å². The predicted molar refractivity (Wildman–Crippen MR) is 77.9 cm³/mol. The fraction of sp³-hybridized carbons (Fsp3) is 0.533. The number of Topliss-reactive ketones (excluding diaryl/α,β-unsaturated/α-hetero) is 1. The first kappa shape index (κ1) is 14.7. The minimum Gasteiger partial charge on any atom is -0.292 e. The lowest BCUT2D eigenvalue weighted by molar-refractivity contribution is 0.0575. The molecular weight excluding hydrogens is 309 g/mol. The van der Waals surface area contributed by atoms with E-state index in [-0.39, 0.29) is 11.3 Å². The smallest absolute Gasteiger partial charge is 0.185 e. The van der Waals surface area contributed by atoms with Gasteiger partial charge < -0.3 is 0 Å². The topological polar surface area (TPSA) is 20.3 Å². The van der Waals surface area contributed by atoms with Crippen LogP contribution in [0.2, 0.25) is 0 Å². The van der Waals surface area contributed by atoms with Crippen molar-refractivity contribution in [3.8, 4) is 0 Å². The Morgan fingerprint density at radius 1 is 1.26 bits per heavy atom. The van der Waals surface area contributed by atoms with Crippen molar-refractivity contribution in [2.24, 2.45) is 0 Å². The Morgan fingerprint density at radius 3 is 2.53 bits per heavy atom. The average Bonchev–Trinajstić information content (AvgIpc) is 2.41. The summed E-state index contributed by atoms with van der Waals surface area (Å²) in [5, 5.41) is 0. The molecule has 2 rings (SSSR count). The monoisotopic (exact) mass is 327 g/mol. The van der Waals surface area contributed by atoms with Gasteiger partial charge in [-0.3, -0.25) is 9.69 Å². The molecule has 0 aliphatic carbocycles. The molecule has 0 amide bonds. The Balaban J connectivity index is 2.28. The molecule has 1 saturated heterocycles. The van der Waals surface area contributed by atoms with E-state index in [1.807, 2.05) is 13.8 Å². The number of carbonyl (C=O) groups is 1. The molecule has 0 spiro atoms. The van der Waals surface area contributed by atoms with Crippen LogP contribution in [0.4, 0.5) is 4.39 Å². The molecule has 4 heteroatoms. The Hall–Kier alpha value is -0.740. The highest BCUT2D eigenvalue weighted by Crippen LogP contribution is 2.27. The van der Waals surface area contributed by atoms with Crippen molar-refractivity contribution in [1.82, 2.24) is 4.90 Å². The minimum atomic E-state index is -0.651. The highest BCUT2D eigenvalue weighted by Gasteiger charge is 2.36. The zero-order valence-corrected chi connectivity index (χ0v) is 13.0. The van der Waals surface area contributed by atoms with Gasteiger partial charge >= 0.3 is 0 Å². The molecule has 0 bridgehead atoms. The summed E-state index contributed by atoms with van der Waals surface area (Å²) in [4.78, 5) is 14.8. The van der Waals surface area contributed by atoms with Crippen molar-refractivity contribution in [2.45, 2.75) is 38.6 Å². The molecule has 0 radical (unpaired) electrons. The summed E-state index contributed by atoms with van der Waals surface area (Å²) >= 11 is 3.29. The maximum Gasteiger partial charge on any atom is 0.185 e. The van der Waals surface area contributed by atoms with E-state index in [0.29, 0.717) is 0 Å². The fourth-order valence-electron chi connectivity index (χ4n) is 2.60. The van der Waals surface area contributed by atoms with E-state index in [9.17, 15) is 9.18 Å². The van der Waals surface area contributed by atoms with Gasteiger partial charge in [-0.15, -0.1) is 0 Å². The SMILES string of the molecule is CC(C)(C(=O)c1cc(Br)ccc1F)N1CCCCC1. The van der Waals surface area contributed by atoms with Crippen LogP contribution in [0.5, 0.6) is 0 Å². The van der Waals surface area contributed by atoms with Crippen LogP contribution in [-0.2, 0) is 0 Å². The molecule has 104 valence electrons. The van der Waals surface area contributed by atoms with Gasteiger partial charge in [0, 0.05) is 4.47 Å². The average molecular weight is 328 g/mol. The molecule has 1 fully saturated rings. The van der Waals surface area contributed by atoms with Crippen LogP contribution in [0, 0.1) is 5.82 Å². The number of piperidine rings is 1. The third-order valence-electron chi connectivity index (χ3n) is 3.88. The molecule has 0 atom stereocenters. The van der Waals surface area contributed by atoms with Crippen LogP contribution >= 0.6 is 15.9 Å². The van der Waals surface area contributed by atoms with Crippen LogP contribution < -0.4 is 0 Å². The van der Waals surface area contributed by atoms with Gasteiger partial charge in [-0.25, -0.2) is 4.39 Å². The molecular formula is C15H19BrFNO. The summed E-state index contributed by atoms with van der Waals surface area (Å²) < 4.78 is 14.6. The van der Waals surface area contributed by atoms with Crippen molar-refractivity contribution in [3.63, 3.8) is 0 Å². The molecule has 1 aliphatic rings. The van der Waals surface area contributed by atoms with Gasteiger partial charge in [0.15, 0.2) is 5.78 Å². The number of likely N-dealkylation sites (tertiary alicyclic amines) is 1. The molecule has 0 N–H and O–H groups in total. The second kappa shape index (κ2) is 5.71. The van der Waals surface area contributed by atoms with E-state index < -0.39 is 11.4 Å². The van der Waals surface area contributed by atoms with Crippen LogP contribution in [0.3, 0.4) is 0 Å². The van der Waals surface area contributed by atoms with E-state index in [1.54, 1.807) is 12.1 Å². The molecule has 1 heterocycles. The molecule has 1 aromatic rings. The van der Waals surface area contributed by atoms with E-state index in [4.69, 9.17) is 0 Å².